The van der Waals surface area contributed by atoms with Gasteiger partial charge in [-0.25, -0.2) is 4.79 Å². The third-order valence-corrected chi connectivity index (χ3v) is 4.65. The van der Waals surface area contributed by atoms with E-state index in [-0.39, 0.29) is 0 Å². The van der Waals surface area contributed by atoms with Crippen LogP contribution in [0.5, 0.6) is 0 Å². The average molecular weight is 421 g/mol. The molecule has 0 bridgehead atoms. The normalized spacial score (nSPS) is 14.3. The molecule has 0 aliphatic carbocycles. The molecule has 1 fully saturated rings. The second-order valence-electron chi connectivity index (χ2n) is 7.06. The lowest BCUT2D eigenvalue weighted by Crippen LogP contribution is -2.43. The molecule has 3 aromatic rings. The molecule has 0 amide bonds. The number of hydrogen-bond acceptors (Lipinski definition) is 5. The number of nitrogens with zero attached hydrogens (tertiary/aromatic N) is 4. The Morgan fingerprint density at radius 3 is 2.57 bits per heavy atom. The molecule has 3 heterocycles. The molecular formula is C20H22F3N5O2. The van der Waals surface area contributed by atoms with Crippen LogP contribution in [0.3, 0.4) is 0 Å². The van der Waals surface area contributed by atoms with E-state index in [0.29, 0.717) is 6.04 Å². The van der Waals surface area contributed by atoms with Crippen LogP contribution < -0.4 is 5.32 Å². The number of alkyl halides is 3. The molecule has 0 radical (unpaired) electrons. The van der Waals surface area contributed by atoms with E-state index in [9.17, 15) is 13.2 Å². The highest BCUT2D eigenvalue weighted by atomic mass is 19.4. The molecule has 1 aliphatic heterocycles. The lowest BCUT2D eigenvalue weighted by Gasteiger charge is -2.27. The summed E-state index contributed by atoms with van der Waals surface area (Å²) in [5, 5.41) is 16.3. The fourth-order valence-electron chi connectivity index (χ4n) is 3.04. The Hall–Kier alpha value is -2.98. The Morgan fingerprint density at radius 1 is 1.23 bits per heavy atom. The largest absolute Gasteiger partial charge is 0.490 e. The number of aliphatic carboxylic acids is 1. The molecule has 0 atom stereocenters. The maximum Gasteiger partial charge on any atom is 0.490 e. The summed E-state index contributed by atoms with van der Waals surface area (Å²) in [5.74, 6) is -2.76. The highest BCUT2D eigenvalue weighted by Crippen LogP contribution is 2.18. The second-order valence-corrected chi connectivity index (χ2v) is 7.06. The summed E-state index contributed by atoms with van der Waals surface area (Å²) in [7, 11) is 2.14. The summed E-state index contributed by atoms with van der Waals surface area (Å²) >= 11 is 0. The molecular weight excluding hydrogens is 399 g/mol. The van der Waals surface area contributed by atoms with Gasteiger partial charge in [0.2, 0.25) is 0 Å². The summed E-state index contributed by atoms with van der Waals surface area (Å²) in [6, 6.07) is 13.1. The van der Waals surface area contributed by atoms with Gasteiger partial charge in [0.05, 0.1) is 17.3 Å². The number of rotatable bonds is 5. The number of pyridine rings is 1. The first-order valence-corrected chi connectivity index (χ1v) is 9.30. The fraction of sp³-hybridized carbons (Fsp3) is 0.350. The maximum atomic E-state index is 10.6. The third-order valence-electron chi connectivity index (χ3n) is 4.65. The van der Waals surface area contributed by atoms with Crippen LogP contribution in [0.25, 0.3) is 10.9 Å². The number of nitrogens with one attached hydrogen (secondary N) is 1. The zero-order valence-corrected chi connectivity index (χ0v) is 16.3. The third kappa shape index (κ3) is 5.55. The molecule has 2 aromatic heterocycles. The lowest BCUT2D eigenvalue weighted by molar-refractivity contribution is -0.192. The number of benzene rings is 1. The van der Waals surface area contributed by atoms with Crippen LogP contribution in [-0.2, 0) is 17.9 Å². The second kappa shape index (κ2) is 9.23. The smallest absolute Gasteiger partial charge is 0.475 e. The minimum absolute atomic E-state index is 0.526. The Bertz CT molecular complexity index is 996. The van der Waals surface area contributed by atoms with Crippen molar-refractivity contribution in [3.63, 3.8) is 0 Å². The highest BCUT2D eigenvalue weighted by Gasteiger charge is 2.38. The summed E-state index contributed by atoms with van der Waals surface area (Å²) in [6.07, 6.45) is -1.10. The topological polar surface area (TPSA) is 83.3 Å². The molecule has 1 saturated heterocycles. The van der Waals surface area contributed by atoms with Crippen molar-refractivity contribution in [3.8, 4) is 0 Å². The number of halogens is 3. The van der Waals surface area contributed by atoms with E-state index in [0.717, 1.165) is 37.4 Å². The molecule has 7 nitrogen and oxygen atoms in total. The van der Waals surface area contributed by atoms with Gasteiger partial charge in [-0.3, -0.25) is 14.6 Å². The van der Waals surface area contributed by atoms with Crippen molar-refractivity contribution in [1.82, 2.24) is 25.0 Å². The Balaban J connectivity index is 0.000000318. The number of para-hydroxylation sites is 1. The predicted octanol–water partition coefficient (Wildman–Crippen LogP) is 2.84. The van der Waals surface area contributed by atoms with Crippen molar-refractivity contribution in [2.24, 2.45) is 0 Å². The molecule has 30 heavy (non-hydrogen) atoms. The molecule has 1 aromatic carbocycles. The van der Waals surface area contributed by atoms with E-state index in [2.05, 4.69) is 63.5 Å². The molecule has 0 spiro atoms. The van der Waals surface area contributed by atoms with Crippen LogP contribution in [0, 0.1) is 0 Å². The molecule has 10 heteroatoms. The van der Waals surface area contributed by atoms with E-state index < -0.39 is 12.1 Å². The molecule has 2 N–H and O–H groups in total. The number of fused-ring (bicyclic) bond motifs is 1. The number of hydrogen-bond donors (Lipinski definition) is 2. The van der Waals surface area contributed by atoms with Crippen molar-refractivity contribution in [3.05, 3.63) is 60.0 Å². The zero-order chi connectivity index (χ0) is 21.7. The van der Waals surface area contributed by atoms with E-state index in [1.165, 1.54) is 10.9 Å². The first-order valence-electron chi connectivity index (χ1n) is 9.30. The lowest BCUT2D eigenvalue weighted by atomic mass is 10.1. The Kier molecular flexibility index (Phi) is 6.68. The van der Waals surface area contributed by atoms with Crippen molar-refractivity contribution in [1.29, 1.82) is 0 Å². The fourth-order valence-corrected chi connectivity index (χ4v) is 3.04. The van der Waals surface area contributed by atoms with Crippen LogP contribution >= 0.6 is 0 Å². The summed E-state index contributed by atoms with van der Waals surface area (Å²) in [5.41, 5.74) is 3.48. The minimum atomic E-state index is -5.08. The minimum Gasteiger partial charge on any atom is -0.475 e. The van der Waals surface area contributed by atoms with Gasteiger partial charge in [0.1, 0.15) is 0 Å². The van der Waals surface area contributed by atoms with Gasteiger partial charge in [0.25, 0.3) is 0 Å². The standard InChI is InChI=1S/C18H21N5.C2HF3O2/c1-22(13-15-7-9-23(21-15)16-10-19-11-16)12-14-6-8-20-18-5-3-2-4-17(14)18;3-2(4,5)1(6)7/h2-9,16,19H,10-13H2,1H3;(H,6,7). The van der Waals surface area contributed by atoms with Crippen molar-refractivity contribution < 1.29 is 23.1 Å². The van der Waals surface area contributed by atoms with Crippen LogP contribution in [-0.4, -0.2) is 57.1 Å². The van der Waals surface area contributed by atoms with Crippen LogP contribution in [0.1, 0.15) is 17.3 Å². The number of aromatic nitrogens is 3. The van der Waals surface area contributed by atoms with Crippen LogP contribution in [0.15, 0.2) is 48.8 Å². The van der Waals surface area contributed by atoms with E-state index in [4.69, 9.17) is 15.0 Å². The van der Waals surface area contributed by atoms with Crippen LogP contribution in [0.4, 0.5) is 13.2 Å². The summed E-state index contributed by atoms with van der Waals surface area (Å²) in [4.78, 5) is 15.6. The van der Waals surface area contributed by atoms with Gasteiger partial charge in [-0.15, -0.1) is 0 Å². The maximum absolute atomic E-state index is 10.6. The molecule has 0 unspecified atom stereocenters. The Morgan fingerprint density at radius 2 is 1.93 bits per heavy atom. The quantitative estimate of drug-likeness (QED) is 0.659. The monoisotopic (exact) mass is 421 g/mol. The van der Waals surface area contributed by atoms with Gasteiger partial charge < -0.3 is 10.4 Å². The molecule has 160 valence electrons. The SMILES string of the molecule is CN(Cc1ccn(C2CNC2)n1)Cc1ccnc2ccccc12.O=C(O)C(F)(F)F. The number of carboxylic acid groups (broad SMARTS) is 1. The first kappa shape index (κ1) is 21.7. The van der Waals surface area contributed by atoms with E-state index >= 15 is 0 Å². The van der Waals surface area contributed by atoms with Crippen molar-refractivity contribution in [2.45, 2.75) is 25.3 Å². The summed E-state index contributed by atoms with van der Waals surface area (Å²) in [6.45, 7) is 3.80. The van der Waals surface area contributed by atoms with Crippen LogP contribution in [0.2, 0.25) is 0 Å². The molecule has 0 saturated carbocycles. The average Bonchev–Trinajstić information content (AvgIpc) is 3.08. The van der Waals surface area contributed by atoms with E-state index in [1.54, 1.807) is 0 Å². The van der Waals surface area contributed by atoms with Crippen molar-refractivity contribution in [2.75, 3.05) is 20.1 Å². The van der Waals surface area contributed by atoms with Gasteiger partial charge in [0, 0.05) is 44.0 Å². The van der Waals surface area contributed by atoms with Gasteiger partial charge in [-0.05, 0) is 30.8 Å². The highest BCUT2D eigenvalue weighted by molar-refractivity contribution is 5.81. The zero-order valence-electron chi connectivity index (χ0n) is 16.3. The van der Waals surface area contributed by atoms with Gasteiger partial charge in [-0.2, -0.15) is 18.3 Å². The molecule has 4 rings (SSSR count). The number of carbonyl (C=O) groups is 1. The number of carboxylic acids is 1. The van der Waals surface area contributed by atoms with Gasteiger partial charge >= 0.3 is 12.1 Å². The Labute approximate surface area is 171 Å². The van der Waals surface area contributed by atoms with Crippen molar-refractivity contribution >= 4 is 16.9 Å². The first-order chi connectivity index (χ1) is 14.2. The predicted molar refractivity (Wildman–Crippen MR) is 105 cm³/mol. The van der Waals surface area contributed by atoms with E-state index in [1.807, 2.05) is 12.3 Å². The molecule has 1 aliphatic rings. The van der Waals surface area contributed by atoms with Gasteiger partial charge in [-0.1, -0.05) is 18.2 Å². The summed E-state index contributed by atoms with van der Waals surface area (Å²) < 4.78 is 33.8. The van der Waals surface area contributed by atoms with Gasteiger partial charge in [0.15, 0.2) is 0 Å².